The van der Waals surface area contributed by atoms with Gasteiger partial charge in [-0.3, -0.25) is 4.79 Å². The van der Waals surface area contributed by atoms with E-state index in [0.717, 1.165) is 17.7 Å². The average Bonchev–Trinajstić information content (AvgIpc) is 3.20. The fourth-order valence-electron chi connectivity index (χ4n) is 2.49. The van der Waals surface area contributed by atoms with Gasteiger partial charge in [0, 0.05) is 12.2 Å². The zero-order chi connectivity index (χ0) is 19.7. The van der Waals surface area contributed by atoms with Crippen LogP contribution in [-0.2, 0) is 16.8 Å². The van der Waals surface area contributed by atoms with E-state index in [2.05, 4.69) is 27.9 Å². The molecular weight excluding hydrogens is 360 g/mol. The third-order valence-electron chi connectivity index (χ3n) is 4.09. The average molecular weight is 389 g/mol. The molecule has 0 aliphatic heterocycles. The molecule has 0 spiro atoms. The lowest BCUT2D eigenvalue weighted by Gasteiger charge is -2.24. The number of guanidine groups is 1. The maximum absolute atomic E-state index is 12.2. The number of nitrogens with zero attached hydrogens (tertiary/aromatic N) is 1. The molecule has 1 aromatic heterocycles. The Bertz CT molecular complexity index is 757. The summed E-state index contributed by atoms with van der Waals surface area (Å²) in [6, 6.07) is 9.68. The van der Waals surface area contributed by atoms with E-state index in [1.54, 1.807) is 18.3 Å². The summed E-state index contributed by atoms with van der Waals surface area (Å²) < 4.78 is 0. The molecular formula is C20H28N4O2S. The van der Waals surface area contributed by atoms with Crippen molar-refractivity contribution in [1.82, 2.24) is 10.6 Å². The fraction of sp³-hybridized carbons (Fsp3) is 0.400. The van der Waals surface area contributed by atoms with E-state index in [4.69, 9.17) is 0 Å². The molecule has 146 valence electrons. The standard InChI is InChI=1S/C20H28N4O2S/c1-4-15-7-6-8-17(11-15)24-18(25)12-22-19(21-5-2)23-14-20(3,26)16-9-10-27-13-16/h6-11,13,26H,4-5,12,14H2,1-3H3,(H,24,25)(H2,21,22,23). The molecule has 1 amide bonds. The minimum Gasteiger partial charge on any atom is -0.384 e. The number of nitrogens with one attached hydrogen (secondary N) is 3. The van der Waals surface area contributed by atoms with Gasteiger partial charge in [0.1, 0.15) is 12.1 Å². The molecule has 1 aromatic carbocycles. The van der Waals surface area contributed by atoms with Crippen LogP contribution < -0.4 is 16.0 Å². The van der Waals surface area contributed by atoms with Crippen molar-refractivity contribution >= 4 is 28.9 Å². The van der Waals surface area contributed by atoms with Crippen molar-refractivity contribution in [2.24, 2.45) is 4.99 Å². The van der Waals surface area contributed by atoms with Crippen LogP contribution in [0.4, 0.5) is 5.69 Å². The summed E-state index contributed by atoms with van der Waals surface area (Å²) in [6.07, 6.45) is 0.917. The number of rotatable bonds is 8. The topological polar surface area (TPSA) is 85.8 Å². The quantitative estimate of drug-likeness (QED) is 0.414. The van der Waals surface area contributed by atoms with Crippen LogP contribution in [0.5, 0.6) is 0 Å². The minimum absolute atomic E-state index is 0.00766. The van der Waals surface area contributed by atoms with Gasteiger partial charge >= 0.3 is 0 Å². The summed E-state index contributed by atoms with van der Waals surface area (Å²) in [4.78, 5) is 16.5. The Hall–Kier alpha value is -2.38. The van der Waals surface area contributed by atoms with Gasteiger partial charge in [0.15, 0.2) is 5.96 Å². The van der Waals surface area contributed by atoms with Crippen LogP contribution in [0.3, 0.4) is 0 Å². The molecule has 1 atom stereocenters. The van der Waals surface area contributed by atoms with Gasteiger partial charge in [-0.15, -0.1) is 0 Å². The largest absolute Gasteiger partial charge is 0.384 e. The highest BCUT2D eigenvalue weighted by Crippen LogP contribution is 2.21. The zero-order valence-electron chi connectivity index (χ0n) is 16.1. The summed E-state index contributed by atoms with van der Waals surface area (Å²) in [6.45, 7) is 6.71. The molecule has 0 radical (unpaired) electrons. The van der Waals surface area contributed by atoms with Crippen molar-refractivity contribution in [3.05, 3.63) is 52.2 Å². The number of carbonyl (C=O) groups is 1. The van der Waals surface area contributed by atoms with Gasteiger partial charge in [0.2, 0.25) is 5.91 Å². The lowest BCUT2D eigenvalue weighted by Crippen LogP contribution is -2.44. The van der Waals surface area contributed by atoms with Crippen LogP contribution in [0.1, 0.15) is 31.9 Å². The van der Waals surface area contributed by atoms with E-state index < -0.39 is 5.60 Å². The number of benzene rings is 1. The Labute approximate surface area is 164 Å². The van der Waals surface area contributed by atoms with E-state index in [0.29, 0.717) is 12.5 Å². The fourth-order valence-corrected chi connectivity index (χ4v) is 3.27. The molecule has 7 heteroatoms. The SMILES string of the molecule is CCNC(=NCC(=O)Nc1cccc(CC)c1)NCC(C)(O)c1ccsc1. The van der Waals surface area contributed by atoms with E-state index in [9.17, 15) is 9.90 Å². The first-order valence-corrected chi connectivity index (χ1v) is 10.0. The molecule has 6 nitrogen and oxygen atoms in total. The number of aryl methyl sites for hydroxylation is 1. The first-order chi connectivity index (χ1) is 12.9. The van der Waals surface area contributed by atoms with Crippen LogP contribution in [0.25, 0.3) is 0 Å². The Morgan fingerprint density at radius 3 is 2.74 bits per heavy atom. The highest BCUT2D eigenvalue weighted by Gasteiger charge is 2.23. The Kier molecular flexibility index (Phi) is 7.82. The Morgan fingerprint density at radius 1 is 1.26 bits per heavy atom. The van der Waals surface area contributed by atoms with E-state index >= 15 is 0 Å². The maximum atomic E-state index is 12.2. The monoisotopic (exact) mass is 388 g/mol. The predicted molar refractivity (Wildman–Crippen MR) is 112 cm³/mol. The van der Waals surface area contributed by atoms with Gasteiger partial charge in [-0.05, 0) is 60.4 Å². The van der Waals surface area contributed by atoms with Gasteiger partial charge in [-0.25, -0.2) is 4.99 Å². The van der Waals surface area contributed by atoms with Gasteiger partial charge in [0.25, 0.3) is 0 Å². The van der Waals surface area contributed by atoms with Crippen LogP contribution in [0, 0.1) is 0 Å². The molecule has 0 aliphatic rings. The number of aliphatic imine (C=N–C) groups is 1. The number of thiophene rings is 1. The minimum atomic E-state index is -1.01. The first-order valence-electron chi connectivity index (χ1n) is 9.10. The van der Waals surface area contributed by atoms with Crippen LogP contribution >= 0.6 is 11.3 Å². The second-order valence-electron chi connectivity index (χ2n) is 6.44. The molecule has 0 aliphatic carbocycles. The molecule has 0 fully saturated rings. The first kappa shape index (κ1) is 20.9. The number of anilines is 1. The summed E-state index contributed by atoms with van der Waals surface area (Å²) in [5.74, 6) is 0.301. The van der Waals surface area contributed by atoms with Gasteiger partial charge < -0.3 is 21.1 Å². The van der Waals surface area contributed by atoms with Crippen molar-refractivity contribution in [3.63, 3.8) is 0 Å². The molecule has 0 saturated carbocycles. The molecule has 4 N–H and O–H groups in total. The lowest BCUT2D eigenvalue weighted by atomic mass is 9.99. The third kappa shape index (κ3) is 6.69. The zero-order valence-corrected chi connectivity index (χ0v) is 16.9. The molecule has 2 aromatic rings. The smallest absolute Gasteiger partial charge is 0.246 e. The third-order valence-corrected chi connectivity index (χ3v) is 4.77. The van der Waals surface area contributed by atoms with E-state index in [1.165, 1.54) is 5.56 Å². The van der Waals surface area contributed by atoms with Gasteiger partial charge in [-0.2, -0.15) is 11.3 Å². The van der Waals surface area contributed by atoms with Gasteiger partial charge in [0.05, 0.1) is 6.54 Å². The van der Waals surface area contributed by atoms with Crippen LogP contribution in [-0.4, -0.2) is 36.6 Å². The molecule has 0 bridgehead atoms. The summed E-state index contributed by atoms with van der Waals surface area (Å²) in [5, 5.41) is 23.5. The van der Waals surface area contributed by atoms with E-state index in [1.807, 2.05) is 48.0 Å². The molecule has 1 unspecified atom stereocenters. The summed E-state index contributed by atoms with van der Waals surface area (Å²) in [7, 11) is 0. The second-order valence-corrected chi connectivity index (χ2v) is 7.22. The van der Waals surface area contributed by atoms with Crippen molar-refractivity contribution in [3.8, 4) is 0 Å². The highest BCUT2D eigenvalue weighted by molar-refractivity contribution is 7.08. The molecule has 0 saturated heterocycles. The van der Waals surface area contributed by atoms with Crippen molar-refractivity contribution < 1.29 is 9.90 Å². The molecule has 2 rings (SSSR count). The van der Waals surface area contributed by atoms with Crippen molar-refractivity contribution in [1.29, 1.82) is 0 Å². The van der Waals surface area contributed by atoms with Crippen molar-refractivity contribution in [2.45, 2.75) is 32.8 Å². The number of hydrogen-bond donors (Lipinski definition) is 4. The lowest BCUT2D eigenvalue weighted by molar-refractivity contribution is -0.114. The predicted octanol–water partition coefficient (Wildman–Crippen LogP) is 2.71. The maximum Gasteiger partial charge on any atom is 0.246 e. The highest BCUT2D eigenvalue weighted by atomic mass is 32.1. The second kappa shape index (κ2) is 10.1. The molecule has 27 heavy (non-hydrogen) atoms. The summed E-state index contributed by atoms with van der Waals surface area (Å²) >= 11 is 1.54. The number of amides is 1. The van der Waals surface area contributed by atoms with Crippen LogP contribution in [0.15, 0.2) is 46.1 Å². The van der Waals surface area contributed by atoms with Gasteiger partial charge in [-0.1, -0.05) is 19.1 Å². The van der Waals surface area contributed by atoms with Crippen LogP contribution in [0.2, 0.25) is 0 Å². The number of aliphatic hydroxyl groups is 1. The summed E-state index contributed by atoms with van der Waals surface area (Å²) in [5.41, 5.74) is 1.78. The number of hydrogen-bond acceptors (Lipinski definition) is 4. The van der Waals surface area contributed by atoms with E-state index in [-0.39, 0.29) is 19.0 Å². The Morgan fingerprint density at radius 2 is 2.07 bits per heavy atom. The number of carbonyl (C=O) groups excluding carboxylic acids is 1. The Balaban J connectivity index is 1.92. The molecule has 1 heterocycles. The van der Waals surface area contributed by atoms with Crippen molar-refractivity contribution in [2.75, 3.05) is 25.0 Å². The normalized spacial score (nSPS) is 13.7.